The van der Waals surface area contributed by atoms with Gasteiger partial charge in [0.15, 0.2) is 28.5 Å². The van der Waals surface area contributed by atoms with Crippen LogP contribution >= 0.6 is 30.0 Å². The van der Waals surface area contributed by atoms with Gasteiger partial charge in [-0.25, -0.2) is 4.79 Å². The smallest absolute Gasteiger partial charge is 0.357 e. The number of ether oxygens (including phenoxy) is 2. The molecule has 6 aromatic carbocycles. The van der Waals surface area contributed by atoms with Crippen molar-refractivity contribution < 1.29 is 28.7 Å². The third kappa shape index (κ3) is 9.21. The first-order valence-electron chi connectivity index (χ1n) is 20.3. The Morgan fingerprint density at radius 1 is 0.698 bits per heavy atom. The van der Waals surface area contributed by atoms with Gasteiger partial charge in [-0.3, -0.25) is 19.3 Å². The number of likely N-dealkylation sites (tertiary alicyclic amines) is 1. The minimum atomic E-state index is -3.44. The number of hydrogen-bond donors (Lipinski definition) is 1. The summed E-state index contributed by atoms with van der Waals surface area (Å²) in [5.41, 5.74) is 1.80. The maximum Gasteiger partial charge on any atom is 0.357 e. The fourth-order valence-electron chi connectivity index (χ4n) is 7.56. The average Bonchev–Trinajstić information content (AvgIpc) is 3.77. The number of aryl methyl sites for hydroxylation is 1. The quantitative estimate of drug-likeness (QED) is 0.0459. The Labute approximate surface area is 374 Å². The number of hydrogen-bond acceptors (Lipinski definition) is 10. The molecule has 10 nitrogen and oxygen atoms in total. The van der Waals surface area contributed by atoms with Gasteiger partial charge < -0.3 is 14.8 Å². The van der Waals surface area contributed by atoms with Gasteiger partial charge in [0.05, 0.1) is 5.75 Å². The van der Waals surface area contributed by atoms with Gasteiger partial charge in [0, 0.05) is 12.4 Å². The summed E-state index contributed by atoms with van der Waals surface area (Å²) in [6.07, 6.45) is -3.28. The van der Waals surface area contributed by atoms with Crippen LogP contribution in [-0.2, 0) is 23.9 Å². The van der Waals surface area contributed by atoms with Crippen LogP contribution in [0.15, 0.2) is 186 Å². The topological polar surface area (TPSA) is 128 Å². The van der Waals surface area contributed by atoms with E-state index in [-0.39, 0.29) is 17.0 Å². The summed E-state index contributed by atoms with van der Waals surface area (Å²) in [5.74, 6) is -2.16. The molecule has 1 saturated heterocycles. The summed E-state index contributed by atoms with van der Waals surface area (Å²) < 4.78 is 14.1. The fraction of sp³-hybridized carbons (Fsp3) is 0.140. The standard InChI is InChI=1S/C50H43N4O6PS2/c1-34(42(55)33-62-50-53-52-35(2)63-50)59-47-43(51-45(56)38-25-13-5-14-26-38)46(57)54(47)48(49(58)60-44(36-21-9-3-10-22-36)37-23-11-4-12-24-37)61(39-27-15-6-16-28-39,40-29-17-7-18-30-40)41-31-19-8-20-32-41/h3-32,34,43-44,47H,33H2,1-2H3,(H,51,56)/t34-,43+,47-/m1/s1. The molecule has 2 amide bonds. The number of rotatable bonds is 16. The molecule has 0 bridgehead atoms. The number of benzene rings is 6. The van der Waals surface area contributed by atoms with Crippen molar-refractivity contribution in [3.8, 4) is 0 Å². The zero-order valence-electron chi connectivity index (χ0n) is 34.4. The first-order chi connectivity index (χ1) is 30.8. The number of nitrogens with zero attached hydrogens (tertiary/aromatic N) is 3. The summed E-state index contributed by atoms with van der Waals surface area (Å²) in [4.78, 5) is 60.3. The van der Waals surface area contributed by atoms with E-state index in [1.54, 1.807) is 37.3 Å². The maximum absolute atomic E-state index is 16.0. The Kier molecular flexibility index (Phi) is 13.5. The number of carbonyl (C=O) groups is 4. The van der Waals surface area contributed by atoms with Crippen molar-refractivity contribution in [2.24, 2.45) is 0 Å². The van der Waals surface area contributed by atoms with Gasteiger partial charge in [0.25, 0.3) is 11.8 Å². The van der Waals surface area contributed by atoms with Crippen molar-refractivity contribution in [1.29, 1.82) is 0 Å². The van der Waals surface area contributed by atoms with Crippen molar-refractivity contribution in [2.75, 3.05) is 5.75 Å². The largest absolute Gasteiger partial charge is 0.448 e. The van der Waals surface area contributed by atoms with Gasteiger partial charge in [-0.05, 0) is 53.0 Å². The lowest BCUT2D eigenvalue weighted by molar-refractivity contribution is -0.180. The molecule has 1 aliphatic heterocycles. The van der Waals surface area contributed by atoms with Gasteiger partial charge >= 0.3 is 5.97 Å². The summed E-state index contributed by atoms with van der Waals surface area (Å²) >= 11 is 2.62. The Bertz CT molecular complexity index is 2600. The van der Waals surface area contributed by atoms with E-state index in [2.05, 4.69) is 15.5 Å². The van der Waals surface area contributed by atoms with Gasteiger partial charge in [0.1, 0.15) is 16.5 Å². The molecule has 8 rings (SSSR count). The number of nitrogens with one attached hydrogen (secondary N) is 1. The van der Waals surface area contributed by atoms with Crippen LogP contribution in [0.2, 0.25) is 0 Å². The van der Waals surface area contributed by atoms with Crippen LogP contribution in [-0.4, -0.2) is 68.2 Å². The highest BCUT2D eigenvalue weighted by Gasteiger charge is 2.56. The Balaban J connectivity index is 1.35. The molecule has 0 unspecified atom stereocenters. The molecule has 0 spiro atoms. The molecule has 2 heterocycles. The van der Waals surface area contributed by atoms with Gasteiger partial charge in [-0.15, -0.1) is 10.2 Å². The second kappa shape index (κ2) is 19.7. The summed E-state index contributed by atoms with van der Waals surface area (Å²) in [6.45, 7) is 0.00817. The molecule has 0 saturated carbocycles. The van der Waals surface area contributed by atoms with Gasteiger partial charge in [0.2, 0.25) is 0 Å². The SMILES string of the molecule is Cc1nnc(SCC(=O)[C@@H](C)O[C@@H]2[C@@H](NC(=O)c3ccccc3)C(=O)N2C(C(=O)OC(c2ccccc2)c2ccccc2)=P(c2ccccc2)(c2ccccc2)c2ccccc2)s1. The van der Waals surface area contributed by atoms with Crippen LogP contribution in [0.25, 0.3) is 0 Å². The van der Waals surface area contributed by atoms with Gasteiger partial charge in [-0.2, -0.15) is 0 Å². The van der Waals surface area contributed by atoms with E-state index >= 15 is 9.59 Å². The number of amides is 2. The predicted octanol–water partition coefficient (Wildman–Crippen LogP) is 7.34. The average molecular weight is 891 g/mol. The van der Waals surface area contributed by atoms with E-state index in [4.69, 9.17) is 9.47 Å². The lowest BCUT2D eigenvalue weighted by Gasteiger charge is -2.49. The number of Topliss-reactive ketones (excluding diaryl/α,β-unsaturated/α-hetero) is 1. The molecule has 1 N–H and O–H groups in total. The second-order valence-electron chi connectivity index (χ2n) is 14.6. The second-order valence-corrected chi connectivity index (χ2v) is 20.4. The van der Waals surface area contributed by atoms with Crippen LogP contribution in [0, 0.1) is 6.92 Å². The van der Waals surface area contributed by atoms with Crippen LogP contribution in [0.3, 0.4) is 0 Å². The first kappa shape index (κ1) is 43.2. The van der Waals surface area contributed by atoms with Crippen molar-refractivity contribution in [3.05, 3.63) is 204 Å². The van der Waals surface area contributed by atoms with Crippen molar-refractivity contribution >= 4 is 74.9 Å². The fourth-order valence-corrected chi connectivity index (χ4v) is 13.7. The molecular formula is C50H43N4O6PS2. The molecule has 1 aromatic heterocycles. The van der Waals surface area contributed by atoms with Crippen molar-refractivity contribution in [3.63, 3.8) is 0 Å². The van der Waals surface area contributed by atoms with Gasteiger partial charge in [-0.1, -0.05) is 193 Å². The molecule has 7 aromatic rings. The highest BCUT2D eigenvalue weighted by atomic mass is 32.2. The molecule has 1 aliphatic rings. The Hall–Kier alpha value is -6.43. The molecule has 63 heavy (non-hydrogen) atoms. The summed E-state index contributed by atoms with van der Waals surface area (Å²) in [5, 5.41) is 14.2. The normalized spacial score (nSPS) is 15.3. The first-order valence-corrected chi connectivity index (χ1v) is 23.9. The Morgan fingerprint density at radius 2 is 1.16 bits per heavy atom. The molecule has 13 heteroatoms. The van der Waals surface area contributed by atoms with Crippen LogP contribution in [0.5, 0.6) is 0 Å². The minimum Gasteiger partial charge on any atom is -0.448 e. The number of aromatic nitrogens is 2. The number of ketones is 1. The zero-order valence-corrected chi connectivity index (χ0v) is 36.9. The van der Waals surface area contributed by atoms with E-state index in [0.29, 0.717) is 9.90 Å². The van der Waals surface area contributed by atoms with E-state index < -0.39 is 49.1 Å². The highest BCUT2D eigenvalue weighted by molar-refractivity contribution is 8.01. The monoisotopic (exact) mass is 890 g/mol. The molecule has 0 aliphatic carbocycles. The number of thioether (sulfide) groups is 1. The number of esters is 1. The van der Waals surface area contributed by atoms with E-state index in [0.717, 1.165) is 32.0 Å². The third-order valence-electron chi connectivity index (χ3n) is 10.6. The number of carbonyl (C=O) groups excluding carboxylic acids is 4. The lowest BCUT2D eigenvalue weighted by Crippen LogP contribution is -2.75. The minimum absolute atomic E-state index is 0.0148. The van der Waals surface area contributed by atoms with Crippen molar-refractivity contribution in [2.45, 2.75) is 42.7 Å². The van der Waals surface area contributed by atoms with E-state index in [1.807, 2.05) is 159 Å². The molecule has 1 fully saturated rings. The van der Waals surface area contributed by atoms with Crippen LogP contribution in [0.1, 0.15) is 39.5 Å². The third-order valence-corrected chi connectivity index (χ3v) is 16.8. The maximum atomic E-state index is 16.0. The predicted molar refractivity (Wildman–Crippen MR) is 250 cm³/mol. The van der Waals surface area contributed by atoms with E-state index in [9.17, 15) is 9.59 Å². The van der Waals surface area contributed by atoms with Crippen molar-refractivity contribution in [1.82, 2.24) is 20.4 Å². The van der Waals surface area contributed by atoms with Crippen LogP contribution < -0.4 is 21.2 Å². The zero-order chi connectivity index (χ0) is 43.8. The number of β-lactam (4-membered cyclic amide) rings is 1. The van der Waals surface area contributed by atoms with E-state index in [1.165, 1.54) is 28.0 Å². The highest BCUT2D eigenvalue weighted by Crippen LogP contribution is 2.49. The lowest BCUT2D eigenvalue weighted by atomic mass is 10.0. The molecule has 316 valence electrons. The molecule has 0 radical (unpaired) electrons. The Morgan fingerprint density at radius 3 is 1.62 bits per heavy atom. The molecule has 3 atom stereocenters. The molecular weight excluding hydrogens is 848 g/mol. The summed E-state index contributed by atoms with van der Waals surface area (Å²) in [7, 11) is 0. The summed E-state index contributed by atoms with van der Waals surface area (Å²) in [6, 6.07) is 55.0. The van der Waals surface area contributed by atoms with Crippen LogP contribution in [0.4, 0.5) is 0 Å².